The predicted octanol–water partition coefficient (Wildman–Crippen LogP) is 2.62. The number of nitrogens with one attached hydrogen (secondary N) is 2. The minimum atomic E-state index is 0. The van der Waals surface area contributed by atoms with Gasteiger partial charge in [-0.25, -0.2) is 4.98 Å². The molecule has 0 aromatic carbocycles. The van der Waals surface area contributed by atoms with Crippen LogP contribution in [0.3, 0.4) is 0 Å². The third-order valence-electron chi connectivity index (χ3n) is 3.61. The van der Waals surface area contributed by atoms with Crippen LogP contribution >= 0.6 is 36.2 Å². The van der Waals surface area contributed by atoms with Gasteiger partial charge < -0.3 is 10.6 Å². The van der Waals surface area contributed by atoms with E-state index in [0.717, 1.165) is 24.4 Å². The van der Waals surface area contributed by atoms with Crippen LogP contribution < -0.4 is 10.6 Å². The number of carbonyl (C=O) groups excluding carboxylic acids is 1. The van der Waals surface area contributed by atoms with E-state index in [1.54, 1.807) is 11.3 Å². The molecule has 1 amide bonds. The fraction of sp³-hybridized carbons (Fsp3) is 0.692. The quantitative estimate of drug-likeness (QED) is 0.887. The first-order valence-corrected chi connectivity index (χ1v) is 7.66. The van der Waals surface area contributed by atoms with Crippen molar-refractivity contribution in [1.29, 1.82) is 0 Å². The van der Waals surface area contributed by atoms with Crippen LogP contribution in [0.1, 0.15) is 48.7 Å². The molecular formula is C13H21Cl2N3OS. The van der Waals surface area contributed by atoms with E-state index < -0.39 is 0 Å². The molecule has 0 unspecified atom stereocenters. The minimum Gasteiger partial charge on any atom is -0.348 e. The Morgan fingerprint density at radius 2 is 2.15 bits per heavy atom. The number of aromatic nitrogens is 1. The summed E-state index contributed by atoms with van der Waals surface area (Å²) >= 11 is 1.66. The normalized spacial score (nSPS) is 21.5. The molecule has 0 bridgehead atoms. The molecule has 7 heteroatoms. The molecule has 1 aromatic rings. The largest absolute Gasteiger partial charge is 0.348 e. The van der Waals surface area contributed by atoms with Crippen molar-refractivity contribution < 1.29 is 4.79 Å². The van der Waals surface area contributed by atoms with Crippen LogP contribution in [0.4, 0.5) is 0 Å². The highest BCUT2D eigenvalue weighted by Crippen LogP contribution is 2.40. The number of thiazole rings is 1. The van der Waals surface area contributed by atoms with E-state index in [4.69, 9.17) is 0 Å². The fourth-order valence-electron chi connectivity index (χ4n) is 2.33. The molecule has 2 N–H and O–H groups in total. The molecule has 0 radical (unpaired) electrons. The molecule has 1 aromatic heterocycles. The Morgan fingerprint density at radius 3 is 2.80 bits per heavy atom. The Balaban J connectivity index is 0.000001000. The van der Waals surface area contributed by atoms with E-state index in [-0.39, 0.29) is 36.8 Å². The van der Waals surface area contributed by atoms with Crippen LogP contribution in [0.2, 0.25) is 0 Å². The van der Waals surface area contributed by atoms with Gasteiger partial charge in [-0.3, -0.25) is 4.79 Å². The Hall–Kier alpha value is -0.360. The zero-order chi connectivity index (χ0) is 12.4. The summed E-state index contributed by atoms with van der Waals surface area (Å²) in [7, 11) is 0. The molecule has 0 spiro atoms. The van der Waals surface area contributed by atoms with Crippen LogP contribution in [-0.4, -0.2) is 23.5 Å². The molecule has 1 aliphatic carbocycles. The van der Waals surface area contributed by atoms with Gasteiger partial charge in [0, 0.05) is 11.3 Å². The van der Waals surface area contributed by atoms with Gasteiger partial charge in [-0.1, -0.05) is 6.42 Å². The van der Waals surface area contributed by atoms with E-state index in [1.165, 1.54) is 25.0 Å². The maximum Gasteiger partial charge on any atom is 0.237 e. The first-order valence-electron chi connectivity index (χ1n) is 6.78. The number of hydrogen-bond acceptors (Lipinski definition) is 4. The van der Waals surface area contributed by atoms with Crippen molar-refractivity contribution in [3.63, 3.8) is 0 Å². The molecule has 2 fully saturated rings. The zero-order valence-electron chi connectivity index (χ0n) is 11.3. The van der Waals surface area contributed by atoms with Crippen molar-refractivity contribution in [2.45, 2.75) is 50.6 Å². The van der Waals surface area contributed by atoms with Gasteiger partial charge in [-0.15, -0.1) is 36.2 Å². The van der Waals surface area contributed by atoms with Crippen LogP contribution in [-0.2, 0) is 11.3 Å². The molecule has 1 aliphatic heterocycles. The first-order chi connectivity index (χ1) is 8.83. The topological polar surface area (TPSA) is 54.0 Å². The van der Waals surface area contributed by atoms with Crippen LogP contribution in [0.25, 0.3) is 0 Å². The summed E-state index contributed by atoms with van der Waals surface area (Å²) in [5.41, 5.74) is 1.22. The summed E-state index contributed by atoms with van der Waals surface area (Å²) in [6.45, 7) is 1.54. The lowest BCUT2D eigenvalue weighted by molar-refractivity contribution is -0.123. The number of halogens is 2. The van der Waals surface area contributed by atoms with Gasteiger partial charge in [-0.2, -0.15) is 0 Å². The van der Waals surface area contributed by atoms with E-state index in [2.05, 4.69) is 21.0 Å². The number of amides is 1. The lowest BCUT2D eigenvalue weighted by atomic mass is 10.0. The number of carbonyl (C=O) groups is 1. The molecule has 2 heterocycles. The molecule has 114 valence electrons. The highest BCUT2D eigenvalue weighted by Gasteiger charge is 2.26. The molecule has 20 heavy (non-hydrogen) atoms. The van der Waals surface area contributed by atoms with Gasteiger partial charge in [0.15, 0.2) is 0 Å². The smallest absolute Gasteiger partial charge is 0.237 e. The average molecular weight is 338 g/mol. The third kappa shape index (κ3) is 4.58. The molecule has 2 aliphatic rings. The third-order valence-corrected chi connectivity index (χ3v) is 4.47. The highest BCUT2D eigenvalue weighted by atomic mass is 35.5. The number of hydrogen-bond donors (Lipinski definition) is 2. The summed E-state index contributed by atoms with van der Waals surface area (Å²) in [4.78, 5) is 16.5. The van der Waals surface area contributed by atoms with Crippen molar-refractivity contribution in [2.75, 3.05) is 6.54 Å². The molecule has 1 saturated heterocycles. The monoisotopic (exact) mass is 337 g/mol. The van der Waals surface area contributed by atoms with Gasteiger partial charge in [0.2, 0.25) is 5.91 Å². The minimum absolute atomic E-state index is 0. The van der Waals surface area contributed by atoms with E-state index in [0.29, 0.717) is 12.5 Å². The van der Waals surface area contributed by atoms with Crippen molar-refractivity contribution in [2.24, 2.45) is 0 Å². The lowest BCUT2D eigenvalue weighted by Crippen LogP contribution is -2.46. The summed E-state index contributed by atoms with van der Waals surface area (Å²) in [5.74, 6) is 0.823. The Kier molecular flexibility index (Phi) is 7.23. The Morgan fingerprint density at radius 1 is 1.35 bits per heavy atom. The van der Waals surface area contributed by atoms with E-state index in [1.807, 2.05) is 0 Å². The fourth-order valence-corrected chi connectivity index (χ4v) is 3.15. The second-order valence-corrected chi connectivity index (χ2v) is 6.10. The van der Waals surface area contributed by atoms with E-state index in [9.17, 15) is 4.79 Å². The van der Waals surface area contributed by atoms with Crippen molar-refractivity contribution in [3.05, 3.63) is 16.1 Å². The number of nitrogens with zero attached hydrogens (tertiary/aromatic N) is 1. The average Bonchev–Trinajstić information content (AvgIpc) is 3.16. The summed E-state index contributed by atoms with van der Waals surface area (Å²) in [6, 6.07) is 0.00150. The summed E-state index contributed by atoms with van der Waals surface area (Å²) in [5, 5.41) is 9.41. The van der Waals surface area contributed by atoms with Gasteiger partial charge in [0.1, 0.15) is 5.01 Å². The second-order valence-electron chi connectivity index (χ2n) is 5.16. The maximum absolute atomic E-state index is 11.9. The first kappa shape index (κ1) is 17.7. The number of rotatable bonds is 4. The highest BCUT2D eigenvalue weighted by molar-refractivity contribution is 7.09. The Bertz CT molecular complexity index is 431. The second kappa shape index (κ2) is 8.17. The van der Waals surface area contributed by atoms with Gasteiger partial charge in [-0.05, 0) is 32.2 Å². The summed E-state index contributed by atoms with van der Waals surface area (Å²) < 4.78 is 0. The molecule has 1 atom stereocenters. The van der Waals surface area contributed by atoms with Gasteiger partial charge in [0.25, 0.3) is 0 Å². The van der Waals surface area contributed by atoms with Gasteiger partial charge >= 0.3 is 0 Å². The molecular weight excluding hydrogens is 317 g/mol. The summed E-state index contributed by atoms with van der Waals surface area (Å²) in [6.07, 6.45) is 5.84. The van der Waals surface area contributed by atoms with E-state index >= 15 is 0 Å². The molecule has 1 saturated carbocycles. The van der Waals surface area contributed by atoms with Crippen LogP contribution in [0, 0.1) is 0 Å². The van der Waals surface area contributed by atoms with Crippen molar-refractivity contribution >= 4 is 42.1 Å². The number of piperidine rings is 1. The zero-order valence-corrected chi connectivity index (χ0v) is 13.7. The maximum atomic E-state index is 11.9. The molecule has 3 rings (SSSR count). The van der Waals surface area contributed by atoms with Crippen molar-refractivity contribution in [1.82, 2.24) is 15.6 Å². The lowest BCUT2D eigenvalue weighted by Gasteiger charge is -2.22. The predicted molar refractivity (Wildman–Crippen MR) is 86.1 cm³/mol. The Labute approximate surface area is 135 Å². The van der Waals surface area contributed by atoms with Crippen LogP contribution in [0.5, 0.6) is 0 Å². The van der Waals surface area contributed by atoms with Crippen LogP contribution in [0.15, 0.2) is 5.38 Å². The molecule has 4 nitrogen and oxygen atoms in total. The van der Waals surface area contributed by atoms with Crippen molar-refractivity contribution in [3.8, 4) is 0 Å². The standard InChI is InChI=1S/C13H19N3OS.2ClH/c17-13(10-3-1-2-6-14-10)15-7-12-16-11(8-18-12)9-4-5-9;;/h8-10,14H,1-7H2,(H,15,17);2*1H/t10-;;/m1../s1. The SMILES string of the molecule is Cl.Cl.O=C(NCc1nc(C2CC2)cs1)[C@H]1CCCCN1. The van der Waals surface area contributed by atoms with Gasteiger partial charge in [0.05, 0.1) is 18.3 Å².